The Morgan fingerprint density at radius 1 is 1.07 bits per heavy atom. The molecule has 0 saturated carbocycles. The number of halogens is 2. The van der Waals surface area contributed by atoms with E-state index < -0.39 is 0 Å². The summed E-state index contributed by atoms with van der Waals surface area (Å²) in [5.74, 6) is 0. The molecule has 1 heterocycles. The number of thiophene rings is 1. The molecular formula is C12H10BrClS. The van der Waals surface area contributed by atoms with Crippen LogP contribution in [0.2, 0.25) is 5.02 Å². The van der Waals surface area contributed by atoms with Crippen molar-refractivity contribution in [3.63, 3.8) is 0 Å². The van der Waals surface area contributed by atoms with Crippen molar-refractivity contribution in [3.8, 4) is 0 Å². The van der Waals surface area contributed by atoms with Gasteiger partial charge < -0.3 is 0 Å². The van der Waals surface area contributed by atoms with Gasteiger partial charge in [-0.3, -0.25) is 0 Å². The second-order valence-corrected chi connectivity index (χ2v) is 6.25. The highest BCUT2D eigenvalue weighted by atomic mass is 79.9. The number of benzene rings is 1. The average molecular weight is 302 g/mol. The predicted octanol–water partition coefficient (Wildman–Crippen LogP) is 4.95. The smallest absolute Gasteiger partial charge is 0.0701 e. The van der Waals surface area contributed by atoms with Gasteiger partial charge in [0.2, 0.25) is 0 Å². The highest BCUT2D eigenvalue weighted by Crippen LogP contribution is 2.24. The minimum Gasteiger partial charge on any atom is -0.133 e. The van der Waals surface area contributed by atoms with Gasteiger partial charge in [-0.2, -0.15) is 0 Å². The number of hydrogen-bond donors (Lipinski definition) is 0. The molecule has 2 rings (SSSR count). The standard InChI is InChI=1S/C12H10BrClS/c13-12-8-7-10(15-12)6-5-9-3-1-2-4-11(9)14/h1-4,7-8H,5-6H2. The Balaban J connectivity index is 2.02. The van der Waals surface area contributed by atoms with E-state index in [-0.39, 0.29) is 0 Å². The second kappa shape index (κ2) is 5.15. The fraction of sp³-hybridized carbons (Fsp3) is 0.167. The molecule has 0 amide bonds. The molecule has 0 N–H and O–H groups in total. The van der Waals surface area contributed by atoms with Gasteiger partial charge in [-0.25, -0.2) is 0 Å². The van der Waals surface area contributed by atoms with Gasteiger partial charge in [0, 0.05) is 9.90 Å². The van der Waals surface area contributed by atoms with E-state index in [9.17, 15) is 0 Å². The van der Waals surface area contributed by atoms with E-state index in [1.807, 2.05) is 18.2 Å². The molecule has 1 aromatic carbocycles. The van der Waals surface area contributed by atoms with Gasteiger partial charge in [0.15, 0.2) is 0 Å². The summed E-state index contributed by atoms with van der Waals surface area (Å²) in [6.07, 6.45) is 2.06. The first-order valence-corrected chi connectivity index (χ1v) is 6.72. The summed E-state index contributed by atoms with van der Waals surface area (Å²) < 4.78 is 1.19. The van der Waals surface area contributed by atoms with E-state index in [1.165, 1.54) is 14.2 Å². The highest BCUT2D eigenvalue weighted by molar-refractivity contribution is 9.11. The van der Waals surface area contributed by atoms with Crippen LogP contribution in [0.5, 0.6) is 0 Å². The largest absolute Gasteiger partial charge is 0.133 e. The topological polar surface area (TPSA) is 0 Å². The number of aryl methyl sites for hydroxylation is 2. The first-order valence-electron chi connectivity index (χ1n) is 4.73. The zero-order valence-electron chi connectivity index (χ0n) is 8.04. The lowest BCUT2D eigenvalue weighted by Gasteiger charge is -2.01. The summed E-state index contributed by atoms with van der Waals surface area (Å²) in [6, 6.07) is 12.3. The van der Waals surface area contributed by atoms with E-state index in [0.29, 0.717) is 0 Å². The Morgan fingerprint density at radius 3 is 2.53 bits per heavy atom. The van der Waals surface area contributed by atoms with Crippen LogP contribution in [0.3, 0.4) is 0 Å². The molecule has 0 spiro atoms. The molecule has 0 atom stereocenters. The van der Waals surface area contributed by atoms with Crippen LogP contribution >= 0.6 is 38.9 Å². The monoisotopic (exact) mass is 300 g/mol. The average Bonchev–Trinajstić information content (AvgIpc) is 2.63. The molecule has 78 valence electrons. The van der Waals surface area contributed by atoms with Gasteiger partial charge in [0.05, 0.1) is 3.79 Å². The predicted molar refractivity (Wildman–Crippen MR) is 70.9 cm³/mol. The van der Waals surface area contributed by atoms with E-state index in [2.05, 4.69) is 34.1 Å². The number of hydrogen-bond acceptors (Lipinski definition) is 1. The molecule has 2 aromatic rings. The van der Waals surface area contributed by atoms with Crippen LogP contribution in [-0.2, 0) is 12.8 Å². The highest BCUT2D eigenvalue weighted by Gasteiger charge is 2.01. The van der Waals surface area contributed by atoms with Crippen molar-refractivity contribution in [1.82, 2.24) is 0 Å². The maximum absolute atomic E-state index is 6.09. The first-order chi connectivity index (χ1) is 7.25. The molecule has 0 unspecified atom stereocenters. The van der Waals surface area contributed by atoms with Crippen LogP contribution in [0, 0.1) is 0 Å². The molecule has 0 aliphatic heterocycles. The van der Waals surface area contributed by atoms with Crippen LogP contribution in [-0.4, -0.2) is 0 Å². The molecule has 0 fully saturated rings. The zero-order valence-corrected chi connectivity index (χ0v) is 11.2. The minimum atomic E-state index is 0.869. The maximum Gasteiger partial charge on any atom is 0.0701 e. The normalized spacial score (nSPS) is 10.5. The molecule has 0 saturated heterocycles. The molecular weight excluding hydrogens is 292 g/mol. The number of rotatable bonds is 3. The Bertz CT molecular complexity index is 450. The summed E-state index contributed by atoms with van der Waals surface area (Å²) >= 11 is 11.3. The van der Waals surface area contributed by atoms with Crippen molar-refractivity contribution in [3.05, 3.63) is 55.6 Å². The van der Waals surface area contributed by atoms with Crippen molar-refractivity contribution in [2.45, 2.75) is 12.8 Å². The van der Waals surface area contributed by atoms with E-state index in [0.717, 1.165) is 17.9 Å². The second-order valence-electron chi connectivity index (χ2n) is 3.30. The molecule has 15 heavy (non-hydrogen) atoms. The zero-order chi connectivity index (χ0) is 10.7. The lowest BCUT2D eigenvalue weighted by Crippen LogP contribution is -1.89. The quantitative estimate of drug-likeness (QED) is 0.752. The lowest BCUT2D eigenvalue weighted by molar-refractivity contribution is 0.981. The first kappa shape index (κ1) is 11.2. The fourth-order valence-electron chi connectivity index (χ4n) is 1.45. The summed E-state index contributed by atoms with van der Waals surface area (Å²) in [6.45, 7) is 0. The third-order valence-corrected chi connectivity index (χ3v) is 4.28. The van der Waals surface area contributed by atoms with Crippen LogP contribution < -0.4 is 0 Å². The molecule has 0 bridgehead atoms. The Kier molecular flexibility index (Phi) is 3.84. The minimum absolute atomic E-state index is 0.869. The van der Waals surface area contributed by atoms with Crippen molar-refractivity contribution in [2.24, 2.45) is 0 Å². The van der Waals surface area contributed by atoms with Crippen molar-refractivity contribution >= 4 is 38.9 Å². The van der Waals surface area contributed by atoms with Crippen LogP contribution in [0.15, 0.2) is 40.2 Å². The molecule has 0 nitrogen and oxygen atoms in total. The SMILES string of the molecule is Clc1ccccc1CCc1ccc(Br)s1. The van der Waals surface area contributed by atoms with Gasteiger partial charge in [-0.05, 0) is 52.5 Å². The van der Waals surface area contributed by atoms with Gasteiger partial charge >= 0.3 is 0 Å². The molecule has 0 aliphatic carbocycles. The summed E-state index contributed by atoms with van der Waals surface area (Å²) in [7, 11) is 0. The van der Waals surface area contributed by atoms with Gasteiger partial charge in [0.25, 0.3) is 0 Å². The summed E-state index contributed by atoms with van der Waals surface area (Å²) in [4.78, 5) is 1.39. The van der Waals surface area contributed by atoms with Gasteiger partial charge in [0.1, 0.15) is 0 Å². The molecule has 0 radical (unpaired) electrons. The van der Waals surface area contributed by atoms with Crippen LogP contribution in [0.25, 0.3) is 0 Å². The summed E-state index contributed by atoms with van der Waals surface area (Å²) in [5.41, 5.74) is 1.23. The van der Waals surface area contributed by atoms with Crippen molar-refractivity contribution < 1.29 is 0 Å². The molecule has 0 aliphatic rings. The summed E-state index contributed by atoms with van der Waals surface area (Å²) in [5, 5.41) is 0.869. The van der Waals surface area contributed by atoms with E-state index in [1.54, 1.807) is 11.3 Å². The molecule has 1 aromatic heterocycles. The maximum atomic E-state index is 6.09. The van der Waals surface area contributed by atoms with E-state index in [4.69, 9.17) is 11.6 Å². The van der Waals surface area contributed by atoms with Crippen molar-refractivity contribution in [1.29, 1.82) is 0 Å². The molecule has 3 heteroatoms. The van der Waals surface area contributed by atoms with Crippen LogP contribution in [0.1, 0.15) is 10.4 Å². The fourth-order valence-corrected chi connectivity index (χ4v) is 3.16. The Labute approximate surface area is 107 Å². The third kappa shape index (κ3) is 3.07. The Morgan fingerprint density at radius 2 is 1.87 bits per heavy atom. The van der Waals surface area contributed by atoms with Gasteiger partial charge in [-0.15, -0.1) is 11.3 Å². The third-order valence-electron chi connectivity index (χ3n) is 2.23. The van der Waals surface area contributed by atoms with E-state index >= 15 is 0 Å². The van der Waals surface area contributed by atoms with Crippen LogP contribution in [0.4, 0.5) is 0 Å². The van der Waals surface area contributed by atoms with Gasteiger partial charge in [-0.1, -0.05) is 29.8 Å². The lowest BCUT2D eigenvalue weighted by atomic mass is 10.1. The Hall–Kier alpha value is -0.310. The van der Waals surface area contributed by atoms with Crippen molar-refractivity contribution in [2.75, 3.05) is 0 Å².